The first kappa shape index (κ1) is 5.81. The summed E-state index contributed by atoms with van der Waals surface area (Å²) in [6.45, 7) is 1.79. The van der Waals surface area contributed by atoms with Gasteiger partial charge in [-0.25, -0.2) is 4.98 Å². The van der Waals surface area contributed by atoms with Gasteiger partial charge < -0.3 is 10.8 Å². The first-order valence-electron chi connectivity index (χ1n) is 2.59. The van der Waals surface area contributed by atoms with E-state index in [0.717, 1.165) is 5.82 Å². The Kier molecular flexibility index (Phi) is 1.48. The van der Waals surface area contributed by atoms with Gasteiger partial charge in [-0.2, -0.15) is 5.10 Å². The van der Waals surface area contributed by atoms with Crippen LogP contribution in [0.15, 0.2) is 17.5 Å². The molecule has 0 bridgehead atoms. The van der Waals surface area contributed by atoms with Crippen LogP contribution in [0.1, 0.15) is 12.7 Å². The molecule has 0 saturated carbocycles. The Morgan fingerprint density at radius 2 is 2.67 bits per heavy atom. The molecule has 48 valence electrons. The van der Waals surface area contributed by atoms with Crippen LogP contribution in [-0.2, 0) is 0 Å². The molecule has 0 amide bonds. The van der Waals surface area contributed by atoms with Crippen LogP contribution in [0.4, 0.5) is 0 Å². The second-order valence-corrected chi connectivity index (χ2v) is 1.65. The summed E-state index contributed by atoms with van der Waals surface area (Å²) in [5.41, 5.74) is 0.708. The van der Waals surface area contributed by atoms with Crippen LogP contribution in [0.3, 0.4) is 0 Å². The Morgan fingerprint density at radius 3 is 3.11 bits per heavy atom. The van der Waals surface area contributed by atoms with Crippen molar-refractivity contribution in [2.75, 3.05) is 0 Å². The van der Waals surface area contributed by atoms with Crippen LogP contribution >= 0.6 is 0 Å². The van der Waals surface area contributed by atoms with Crippen molar-refractivity contribution in [1.82, 2.24) is 9.97 Å². The van der Waals surface area contributed by atoms with Gasteiger partial charge in [-0.3, -0.25) is 0 Å². The molecule has 0 radical (unpaired) electrons. The number of hydrogen-bond donors (Lipinski definition) is 2. The van der Waals surface area contributed by atoms with Crippen LogP contribution in [0.5, 0.6) is 0 Å². The van der Waals surface area contributed by atoms with Crippen LogP contribution < -0.4 is 5.84 Å². The van der Waals surface area contributed by atoms with E-state index in [1.165, 1.54) is 0 Å². The standard InChI is InChI=1S/C5H8N4/c1-4(9-6)5-7-2-3-8-5/h2-3H,6H2,1H3,(H,7,8)/b9-4-. The second kappa shape index (κ2) is 2.30. The van der Waals surface area contributed by atoms with Crippen molar-refractivity contribution in [3.63, 3.8) is 0 Å². The second-order valence-electron chi connectivity index (χ2n) is 1.65. The van der Waals surface area contributed by atoms with Crippen molar-refractivity contribution in [3.8, 4) is 0 Å². The van der Waals surface area contributed by atoms with Crippen molar-refractivity contribution in [3.05, 3.63) is 18.2 Å². The van der Waals surface area contributed by atoms with E-state index in [9.17, 15) is 0 Å². The minimum atomic E-state index is 0.708. The predicted octanol–water partition coefficient (Wildman–Crippen LogP) is 0.0924. The van der Waals surface area contributed by atoms with Crippen LogP contribution in [-0.4, -0.2) is 15.7 Å². The van der Waals surface area contributed by atoms with Crippen molar-refractivity contribution in [2.45, 2.75) is 6.92 Å². The highest BCUT2D eigenvalue weighted by atomic mass is 15.1. The molecular formula is C5H8N4. The van der Waals surface area contributed by atoms with E-state index in [0.29, 0.717) is 5.71 Å². The van der Waals surface area contributed by atoms with Gasteiger partial charge in [0.2, 0.25) is 0 Å². The van der Waals surface area contributed by atoms with Gasteiger partial charge in [-0.15, -0.1) is 0 Å². The van der Waals surface area contributed by atoms with E-state index >= 15 is 0 Å². The number of aromatic amines is 1. The summed E-state index contributed by atoms with van der Waals surface area (Å²) in [7, 11) is 0. The molecule has 3 N–H and O–H groups in total. The molecule has 1 aromatic rings. The smallest absolute Gasteiger partial charge is 0.153 e. The number of aromatic nitrogens is 2. The Bertz CT molecular complexity index is 199. The van der Waals surface area contributed by atoms with E-state index in [1.54, 1.807) is 19.3 Å². The lowest BCUT2D eigenvalue weighted by Gasteiger charge is -1.88. The zero-order valence-electron chi connectivity index (χ0n) is 5.13. The van der Waals surface area contributed by atoms with Crippen molar-refractivity contribution in [2.24, 2.45) is 10.9 Å². The summed E-state index contributed by atoms with van der Waals surface area (Å²) >= 11 is 0. The summed E-state index contributed by atoms with van der Waals surface area (Å²) in [5.74, 6) is 5.71. The van der Waals surface area contributed by atoms with E-state index in [-0.39, 0.29) is 0 Å². The Balaban J connectivity index is 2.90. The first-order chi connectivity index (χ1) is 4.34. The highest BCUT2D eigenvalue weighted by molar-refractivity contribution is 5.94. The number of nitrogens with zero attached hydrogens (tertiary/aromatic N) is 2. The average Bonchev–Trinajstić information content (AvgIpc) is 2.37. The number of rotatable bonds is 1. The topological polar surface area (TPSA) is 67.1 Å². The van der Waals surface area contributed by atoms with Crippen LogP contribution in [0.25, 0.3) is 0 Å². The van der Waals surface area contributed by atoms with E-state index < -0.39 is 0 Å². The number of nitrogens with one attached hydrogen (secondary N) is 1. The zero-order valence-corrected chi connectivity index (χ0v) is 5.13. The van der Waals surface area contributed by atoms with Gasteiger partial charge >= 0.3 is 0 Å². The highest BCUT2D eigenvalue weighted by Crippen LogP contribution is 1.88. The number of hydrazone groups is 1. The summed E-state index contributed by atoms with van der Waals surface area (Å²) in [6, 6.07) is 0. The maximum atomic E-state index is 4.99. The molecule has 0 atom stereocenters. The van der Waals surface area contributed by atoms with Crippen LogP contribution in [0, 0.1) is 0 Å². The fraction of sp³-hybridized carbons (Fsp3) is 0.200. The maximum Gasteiger partial charge on any atom is 0.153 e. The molecule has 0 saturated heterocycles. The fourth-order valence-corrected chi connectivity index (χ4v) is 0.524. The van der Waals surface area contributed by atoms with Gasteiger partial charge in [0.25, 0.3) is 0 Å². The van der Waals surface area contributed by atoms with Gasteiger partial charge in [0, 0.05) is 12.4 Å². The van der Waals surface area contributed by atoms with Crippen molar-refractivity contribution in [1.29, 1.82) is 0 Å². The number of nitrogens with two attached hydrogens (primary N) is 1. The van der Waals surface area contributed by atoms with Gasteiger partial charge in [-0.1, -0.05) is 0 Å². The maximum absolute atomic E-state index is 4.99. The molecule has 0 aliphatic rings. The highest BCUT2D eigenvalue weighted by Gasteiger charge is 1.95. The zero-order chi connectivity index (χ0) is 6.69. The Morgan fingerprint density at radius 1 is 1.89 bits per heavy atom. The molecule has 0 aliphatic heterocycles. The Labute approximate surface area is 52.8 Å². The molecule has 4 heteroatoms. The molecule has 0 spiro atoms. The predicted molar refractivity (Wildman–Crippen MR) is 35.0 cm³/mol. The van der Waals surface area contributed by atoms with Crippen LogP contribution in [0.2, 0.25) is 0 Å². The molecule has 9 heavy (non-hydrogen) atoms. The lowest BCUT2D eigenvalue weighted by Crippen LogP contribution is -2.00. The lowest BCUT2D eigenvalue weighted by molar-refractivity contribution is 1.18. The molecular weight excluding hydrogens is 116 g/mol. The quantitative estimate of drug-likeness (QED) is 0.316. The lowest BCUT2D eigenvalue weighted by atomic mass is 10.4. The van der Waals surface area contributed by atoms with E-state index in [2.05, 4.69) is 15.1 Å². The Hall–Kier alpha value is -1.32. The van der Waals surface area contributed by atoms with E-state index in [1.807, 2.05) is 0 Å². The number of H-pyrrole nitrogens is 1. The summed E-state index contributed by atoms with van der Waals surface area (Å²) in [4.78, 5) is 6.79. The van der Waals surface area contributed by atoms with E-state index in [4.69, 9.17) is 5.84 Å². The minimum Gasteiger partial charge on any atom is -0.344 e. The van der Waals surface area contributed by atoms with Gasteiger partial charge in [0.15, 0.2) is 5.82 Å². The summed E-state index contributed by atoms with van der Waals surface area (Å²) in [5, 5.41) is 3.45. The first-order valence-corrected chi connectivity index (χ1v) is 2.59. The third kappa shape index (κ3) is 1.07. The molecule has 0 unspecified atom stereocenters. The normalized spacial score (nSPS) is 11.9. The molecule has 0 aliphatic carbocycles. The molecule has 4 nitrogen and oxygen atoms in total. The summed E-state index contributed by atoms with van der Waals surface area (Å²) < 4.78 is 0. The fourth-order valence-electron chi connectivity index (χ4n) is 0.524. The number of imidazole rings is 1. The summed E-state index contributed by atoms with van der Waals surface area (Å²) in [6.07, 6.45) is 3.38. The molecule has 1 heterocycles. The monoisotopic (exact) mass is 124 g/mol. The van der Waals surface area contributed by atoms with Crippen molar-refractivity contribution >= 4 is 5.71 Å². The SMILES string of the molecule is C/C(=N/N)c1ncc[nH]1. The van der Waals surface area contributed by atoms with Crippen molar-refractivity contribution < 1.29 is 0 Å². The molecule has 1 aromatic heterocycles. The number of hydrogen-bond acceptors (Lipinski definition) is 3. The largest absolute Gasteiger partial charge is 0.344 e. The molecule has 0 fully saturated rings. The van der Waals surface area contributed by atoms with Gasteiger partial charge in [-0.05, 0) is 6.92 Å². The van der Waals surface area contributed by atoms with Gasteiger partial charge in [0.05, 0.1) is 5.71 Å². The van der Waals surface area contributed by atoms with Gasteiger partial charge in [0.1, 0.15) is 0 Å². The molecule has 0 aromatic carbocycles. The third-order valence-corrected chi connectivity index (χ3v) is 1.03. The third-order valence-electron chi connectivity index (χ3n) is 1.03. The molecule has 1 rings (SSSR count). The minimum absolute atomic E-state index is 0.708. The average molecular weight is 124 g/mol.